The third-order valence-electron chi connectivity index (χ3n) is 3.52. The van der Waals surface area contributed by atoms with Gasteiger partial charge in [-0.25, -0.2) is 0 Å². The maximum Gasteiger partial charge on any atom is 0.264 e. The Balaban J connectivity index is 2.05. The molecule has 2 saturated heterocycles. The summed E-state index contributed by atoms with van der Waals surface area (Å²) in [6.45, 7) is 3.31. The second-order valence-corrected chi connectivity index (χ2v) is 4.58. The van der Waals surface area contributed by atoms with Gasteiger partial charge in [-0.2, -0.15) is 10.0 Å². The number of epoxide rings is 1. The van der Waals surface area contributed by atoms with Crippen LogP contribution in [-0.2, 0) is 19.0 Å². The fourth-order valence-corrected chi connectivity index (χ4v) is 2.46. The van der Waals surface area contributed by atoms with Crippen LogP contribution in [-0.4, -0.2) is 56.4 Å². The molecule has 2 aliphatic heterocycles. The first-order chi connectivity index (χ1) is 8.15. The van der Waals surface area contributed by atoms with Gasteiger partial charge in [0.2, 0.25) is 12.5 Å². The molecule has 6 heteroatoms. The molecule has 2 aliphatic rings. The Hall–Kier alpha value is -0.690. The minimum Gasteiger partial charge on any atom is -0.351 e. The van der Waals surface area contributed by atoms with E-state index in [9.17, 15) is 4.79 Å². The van der Waals surface area contributed by atoms with Crippen molar-refractivity contribution in [3.8, 4) is 0 Å². The highest BCUT2D eigenvalue weighted by atomic mass is 16.7. The van der Waals surface area contributed by atoms with Crippen molar-refractivity contribution in [2.45, 2.75) is 38.4 Å². The van der Waals surface area contributed by atoms with Crippen LogP contribution in [0.3, 0.4) is 0 Å². The largest absolute Gasteiger partial charge is 0.351 e. The van der Waals surface area contributed by atoms with Gasteiger partial charge in [-0.1, -0.05) is 6.92 Å². The highest BCUT2D eigenvalue weighted by Gasteiger charge is 2.63. The molecule has 2 heterocycles. The van der Waals surface area contributed by atoms with Gasteiger partial charge in [0.1, 0.15) is 6.54 Å². The molecule has 0 aromatic carbocycles. The summed E-state index contributed by atoms with van der Waals surface area (Å²) in [6, 6.07) is 0. The second kappa shape index (κ2) is 4.89. The monoisotopic (exact) mass is 245 g/mol. The lowest BCUT2D eigenvalue weighted by atomic mass is 10.4. The van der Waals surface area contributed by atoms with Gasteiger partial charge < -0.3 is 14.2 Å². The van der Waals surface area contributed by atoms with E-state index < -0.39 is 0 Å². The number of nitrogens with one attached hydrogen (secondary N) is 1. The Labute approximate surface area is 101 Å². The maximum absolute atomic E-state index is 11.6. The highest BCUT2D eigenvalue weighted by Crippen LogP contribution is 2.40. The first-order valence-corrected chi connectivity index (χ1v) is 6.04. The van der Waals surface area contributed by atoms with Gasteiger partial charge in [0.05, 0.1) is 0 Å². The number of likely N-dealkylation sites (tertiary alicyclic amines) is 1. The lowest BCUT2D eigenvalue weighted by Gasteiger charge is -2.35. The number of fused-ring (bicyclic) bond motifs is 1. The van der Waals surface area contributed by atoms with Crippen LogP contribution in [0.5, 0.6) is 0 Å². The van der Waals surface area contributed by atoms with Crippen molar-refractivity contribution < 1.29 is 23.6 Å². The van der Waals surface area contributed by atoms with Crippen molar-refractivity contribution in [3.63, 3.8) is 0 Å². The number of amides is 1. The minimum atomic E-state index is -0.324. The van der Waals surface area contributed by atoms with Crippen LogP contribution in [0.15, 0.2) is 0 Å². The molecule has 0 bridgehead atoms. The zero-order valence-corrected chi connectivity index (χ0v) is 10.6. The van der Waals surface area contributed by atoms with E-state index in [0.717, 1.165) is 13.0 Å². The van der Waals surface area contributed by atoms with E-state index >= 15 is 0 Å². The molecule has 3 unspecified atom stereocenters. The van der Waals surface area contributed by atoms with E-state index in [2.05, 4.69) is 5.43 Å². The van der Waals surface area contributed by atoms with Crippen LogP contribution < -0.4 is 5.43 Å². The number of hydrogen-bond donors (Lipinski definition) is 1. The molecule has 0 radical (unpaired) electrons. The van der Waals surface area contributed by atoms with Crippen LogP contribution in [0.1, 0.15) is 19.8 Å². The molecule has 98 valence electrons. The molecule has 0 aromatic heterocycles. The predicted octanol–water partition coefficient (Wildman–Crippen LogP) is -0.00810. The quantitative estimate of drug-likeness (QED) is 0.406. The molecular weight excluding hydrogens is 224 g/mol. The van der Waals surface area contributed by atoms with Crippen molar-refractivity contribution in [1.29, 1.82) is 0 Å². The van der Waals surface area contributed by atoms with Crippen LogP contribution in [0.4, 0.5) is 0 Å². The molecular formula is C11H21N2O4+. The standard InChI is InChI=1S/C11H20N2O4/c1-4-9(14)12-13(7-10(15-2)16-3)6-5-8-11(13)17-8/h8,10-11H,4-7H2,1-3H3/p+1. The zero-order chi connectivity index (χ0) is 12.5. The SMILES string of the molecule is CCC(=O)N[N+]1(CC(OC)OC)CCC2OC21. The fourth-order valence-electron chi connectivity index (χ4n) is 2.46. The molecule has 17 heavy (non-hydrogen) atoms. The van der Waals surface area contributed by atoms with Gasteiger partial charge in [0.15, 0.2) is 12.6 Å². The molecule has 1 amide bonds. The number of carbonyl (C=O) groups excluding carboxylic acids is 1. The predicted molar refractivity (Wildman–Crippen MR) is 59.5 cm³/mol. The average Bonchev–Trinajstić information content (AvgIpc) is 3.06. The molecule has 0 aromatic rings. The van der Waals surface area contributed by atoms with Gasteiger partial charge in [0, 0.05) is 27.1 Å². The number of methoxy groups -OCH3 is 2. The van der Waals surface area contributed by atoms with Gasteiger partial charge >= 0.3 is 0 Å². The van der Waals surface area contributed by atoms with Crippen LogP contribution >= 0.6 is 0 Å². The Bertz CT molecular complexity index is 295. The van der Waals surface area contributed by atoms with E-state index in [1.54, 1.807) is 14.2 Å². The summed E-state index contributed by atoms with van der Waals surface area (Å²) in [7, 11) is 3.21. The molecule has 2 fully saturated rings. The molecule has 2 rings (SSSR count). The van der Waals surface area contributed by atoms with Gasteiger partial charge in [-0.15, -0.1) is 0 Å². The third-order valence-corrected chi connectivity index (χ3v) is 3.52. The topological polar surface area (TPSA) is 60.1 Å². The van der Waals surface area contributed by atoms with E-state index in [4.69, 9.17) is 14.2 Å². The van der Waals surface area contributed by atoms with E-state index in [0.29, 0.717) is 23.7 Å². The Morgan fingerprint density at radius 1 is 1.53 bits per heavy atom. The Morgan fingerprint density at radius 2 is 2.24 bits per heavy atom. The zero-order valence-electron chi connectivity index (χ0n) is 10.6. The van der Waals surface area contributed by atoms with Crippen molar-refractivity contribution in [2.75, 3.05) is 27.3 Å². The minimum absolute atomic E-state index is 0.0344. The number of quaternary nitrogens is 1. The first kappa shape index (κ1) is 12.8. The fraction of sp³-hybridized carbons (Fsp3) is 0.909. The maximum atomic E-state index is 11.6. The van der Waals surface area contributed by atoms with Crippen molar-refractivity contribution in [1.82, 2.24) is 5.43 Å². The van der Waals surface area contributed by atoms with Crippen molar-refractivity contribution in [2.24, 2.45) is 0 Å². The van der Waals surface area contributed by atoms with Gasteiger partial charge in [-0.05, 0) is 0 Å². The summed E-state index contributed by atoms with van der Waals surface area (Å²) in [5, 5.41) is 0. The van der Waals surface area contributed by atoms with Crippen molar-refractivity contribution in [3.05, 3.63) is 0 Å². The second-order valence-electron chi connectivity index (χ2n) is 4.58. The third kappa shape index (κ3) is 2.44. The van der Waals surface area contributed by atoms with Crippen LogP contribution in [0.25, 0.3) is 0 Å². The average molecular weight is 245 g/mol. The molecule has 3 atom stereocenters. The van der Waals surface area contributed by atoms with E-state index in [-0.39, 0.29) is 18.4 Å². The molecule has 0 saturated carbocycles. The number of nitrogens with zero attached hydrogens (tertiary/aromatic N) is 1. The highest BCUT2D eigenvalue weighted by molar-refractivity contribution is 5.74. The molecule has 1 N–H and O–H groups in total. The summed E-state index contributed by atoms with van der Waals surface area (Å²) < 4.78 is 16.4. The summed E-state index contributed by atoms with van der Waals surface area (Å²) in [6.07, 6.45) is 1.51. The number of hydrogen-bond acceptors (Lipinski definition) is 4. The van der Waals surface area contributed by atoms with Gasteiger partial charge in [0.25, 0.3) is 5.91 Å². The molecule has 0 aliphatic carbocycles. The summed E-state index contributed by atoms with van der Waals surface area (Å²) in [4.78, 5) is 11.6. The molecule has 6 nitrogen and oxygen atoms in total. The van der Waals surface area contributed by atoms with Crippen LogP contribution in [0, 0.1) is 0 Å². The number of ether oxygens (including phenoxy) is 3. The van der Waals surface area contributed by atoms with Crippen molar-refractivity contribution >= 4 is 5.91 Å². The number of carbonyl (C=O) groups is 1. The Morgan fingerprint density at radius 3 is 2.65 bits per heavy atom. The normalized spacial score (nSPS) is 34.8. The lowest BCUT2D eigenvalue weighted by Crippen LogP contribution is -2.63. The Kier molecular flexibility index (Phi) is 3.67. The van der Waals surface area contributed by atoms with E-state index in [1.807, 2.05) is 6.92 Å². The summed E-state index contributed by atoms with van der Waals surface area (Å²) in [5.41, 5.74) is 3.05. The molecule has 0 spiro atoms. The lowest BCUT2D eigenvalue weighted by molar-refractivity contribution is -0.978. The smallest absolute Gasteiger partial charge is 0.264 e. The number of rotatable bonds is 6. The van der Waals surface area contributed by atoms with Crippen LogP contribution in [0.2, 0.25) is 0 Å². The first-order valence-electron chi connectivity index (χ1n) is 6.04. The summed E-state index contributed by atoms with van der Waals surface area (Å²) >= 11 is 0. The summed E-state index contributed by atoms with van der Waals surface area (Å²) in [5.74, 6) is 0.0344. The van der Waals surface area contributed by atoms with Gasteiger partial charge in [-0.3, -0.25) is 4.79 Å². The van der Waals surface area contributed by atoms with E-state index in [1.165, 1.54) is 0 Å².